The van der Waals surface area contributed by atoms with Gasteiger partial charge in [-0.25, -0.2) is 4.79 Å². The third kappa shape index (κ3) is 3.94. The summed E-state index contributed by atoms with van der Waals surface area (Å²) in [5.74, 6) is -0.626. The highest BCUT2D eigenvalue weighted by Gasteiger charge is 2.28. The summed E-state index contributed by atoms with van der Waals surface area (Å²) in [5.41, 5.74) is 2.25. The van der Waals surface area contributed by atoms with Crippen LogP contribution in [0, 0.1) is 0 Å². The Labute approximate surface area is 166 Å². The van der Waals surface area contributed by atoms with Gasteiger partial charge < -0.3 is 9.84 Å². The molecule has 0 radical (unpaired) electrons. The van der Waals surface area contributed by atoms with E-state index in [1.807, 2.05) is 68.4 Å². The van der Waals surface area contributed by atoms with E-state index in [2.05, 4.69) is 26.0 Å². The second-order valence-corrected chi connectivity index (χ2v) is 7.99. The van der Waals surface area contributed by atoms with Crippen molar-refractivity contribution in [1.82, 2.24) is 0 Å². The van der Waals surface area contributed by atoms with Crippen LogP contribution in [0.3, 0.4) is 0 Å². The van der Waals surface area contributed by atoms with Gasteiger partial charge in [0.05, 0.1) is 0 Å². The molecule has 3 nitrogen and oxygen atoms in total. The lowest BCUT2D eigenvalue weighted by molar-refractivity contribution is 0.0672. The second-order valence-electron chi connectivity index (χ2n) is 7.99. The first kappa shape index (κ1) is 19.7. The molecule has 0 bridgehead atoms. The zero-order chi connectivity index (χ0) is 20.4. The largest absolute Gasteiger partial charge is 0.482 e. The monoisotopic (exact) mass is 374 g/mol. The summed E-state index contributed by atoms with van der Waals surface area (Å²) >= 11 is 0. The van der Waals surface area contributed by atoms with Gasteiger partial charge in [0, 0.05) is 5.41 Å². The van der Waals surface area contributed by atoms with Crippen molar-refractivity contribution < 1.29 is 14.6 Å². The van der Waals surface area contributed by atoms with Gasteiger partial charge in [0.25, 0.3) is 0 Å². The molecule has 3 aromatic rings. The van der Waals surface area contributed by atoms with Crippen LogP contribution in [-0.4, -0.2) is 11.1 Å². The van der Waals surface area contributed by atoms with Crippen molar-refractivity contribution >= 4 is 5.97 Å². The summed E-state index contributed by atoms with van der Waals surface area (Å²) < 4.78 is 6.17. The van der Waals surface area contributed by atoms with Crippen LogP contribution in [0.15, 0.2) is 78.9 Å². The van der Waals surface area contributed by atoms with Crippen molar-refractivity contribution in [2.24, 2.45) is 0 Å². The molecule has 3 rings (SSSR count). The molecule has 0 spiro atoms. The van der Waals surface area contributed by atoms with Gasteiger partial charge in [0.15, 0.2) is 0 Å². The van der Waals surface area contributed by atoms with Crippen LogP contribution < -0.4 is 4.74 Å². The number of hydrogen-bond donors (Lipinski definition) is 1. The minimum atomic E-state index is -0.996. The lowest BCUT2D eigenvalue weighted by Crippen LogP contribution is -2.26. The van der Waals surface area contributed by atoms with E-state index in [4.69, 9.17) is 4.74 Å². The fourth-order valence-corrected chi connectivity index (χ4v) is 3.37. The Bertz CT molecular complexity index is 958. The summed E-state index contributed by atoms with van der Waals surface area (Å²) in [6.45, 7) is 8.07. The highest BCUT2D eigenvalue weighted by Crippen LogP contribution is 2.36. The summed E-state index contributed by atoms with van der Waals surface area (Å²) in [5, 5.41) is 9.81. The van der Waals surface area contributed by atoms with Crippen LogP contribution in [0.2, 0.25) is 0 Å². The zero-order valence-electron chi connectivity index (χ0n) is 16.8. The number of rotatable bonds is 6. The second kappa shape index (κ2) is 7.51. The predicted octanol–water partition coefficient (Wildman–Crippen LogP) is 6.02. The maximum absolute atomic E-state index is 12.0. The number of carbonyl (C=O) groups is 1. The van der Waals surface area contributed by atoms with E-state index >= 15 is 0 Å². The van der Waals surface area contributed by atoms with Crippen molar-refractivity contribution in [2.75, 3.05) is 0 Å². The van der Waals surface area contributed by atoms with Crippen molar-refractivity contribution in [1.29, 1.82) is 0 Å². The number of ether oxygens (including phenoxy) is 1. The van der Waals surface area contributed by atoms with E-state index in [9.17, 15) is 9.90 Å². The zero-order valence-corrected chi connectivity index (χ0v) is 16.8. The van der Waals surface area contributed by atoms with Crippen LogP contribution in [0.5, 0.6) is 5.75 Å². The third-order valence-electron chi connectivity index (χ3n) is 5.26. The van der Waals surface area contributed by atoms with Crippen molar-refractivity contribution in [3.05, 3.63) is 101 Å². The molecule has 3 heteroatoms. The van der Waals surface area contributed by atoms with Gasteiger partial charge in [-0.3, -0.25) is 0 Å². The number of hydrogen-bond acceptors (Lipinski definition) is 2. The maximum Gasteiger partial charge on any atom is 0.339 e. The standard InChI is InChI=1S/C25H26O3/c1-24(2,18-11-7-5-8-12-18)20-15-16-22(21(17-20)23(26)27)28-25(3,4)19-13-9-6-10-14-19/h5-17H,1-4H3,(H,26,27). The fourth-order valence-electron chi connectivity index (χ4n) is 3.37. The molecule has 0 aliphatic rings. The molecule has 0 aliphatic heterocycles. The number of benzene rings is 3. The SMILES string of the molecule is CC(C)(Oc1ccc(C(C)(C)c2ccccc2)cc1C(=O)O)c1ccccc1. The van der Waals surface area contributed by atoms with Crippen molar-refractivity contribution in [3.8, 4) is 5.75 Å². The molecule has 144 valence electrons. The maximum atomic E-state index is 12.0. The van der Waals surface area contributed by atoms with Crippen LogP contribution in [0.1, 0.15) is 54.7 Å². The normalized spacial score (nSPS) is 11.9. The Balaban J connectivity index is 2.00. The highest BCUT2D eigenvalue weighted by atomic mass is 16.5. The van der Waals surface area contributed by atoms with E-state index in [0.29, 0.717) is 5.75 Å². The lowest BCUT2D eigenvalue weighted by atomic mass is 9.77. The molecule has 0 unspecified atom stereocenters. The molecule has 1 N–H and O–H groups in total. The van der Waals surface area contributed by atoms with E-state index in [1.54, 1.807) is 12.1 Å². The van der Waals surface area contributed by atoms with E-state index in [0.717, 1.165) is 16.7 Å². The fraction of sp³-hybridized carbons (Fsp3) is 0.240. The molecule has 0 aliphatic carbocycles. The molecule has 0 atom stereocenters. The first-order chi connectivity index (χ1) is 13.2. The van der Waals surface area contributed by atoms with Crippen molar-refractivity contribution in [3.63, 3.8) is 0 Å². The molecule has 0 heterocycles. The molecule has 0 amide bonds. The molecular formula is C25H26O3. The van der Waals surface area contributed by atoms with Gasteiger partial charge in [-0.05, 0) is 42.7 Å². The molecule has 0 aromatic heterocycles. The Kier molecular flexibility index (Phi) is 5.28. The number of carboxylic acid groups (broad SMARTS) is 1. The lowest BCUT2D eigenvalue weighted by Gasteiger charge is -2.30. The highest BCUT2D eigenvalue weighted by molar-refractivity contribution is 5.91. The summed E-state index contributed by atoms with van der Waals surface area (Å²) in [4.78, 5) is 12.0. The average molecular weight is 374 g/mol. The van der Waals surface area contributed by atoms with Crippen LogP contribution in [0.4, 0.5) is 0 Å². The Morgan fingerprint density at radius 2 is 1.29 bits per heavy atom. The average Bonchev–Trinajstić information content (AvgIpc) is 2.69. The molecule has 28 heavy (non-hydrogen) atoms. The van der Waals surface area contributed by atoms with Crippen molar-refractivity contribution in [2.45, 2.75) is 38.7 Å². The molecule has 0 saturated carbocycles. The molecule has 0 saturated heterocycles. The number of aromatic carboxylic acids is 1. The van der Waals surface area contributed by atoms with E-state index < -0.39 is 11.6 Å². The number of carboxylic acids is 1. The van der Waals surface area contributed by atoms with E-state index in [1.165, 1.54) is 0 Å². The first-order valence-electron chi connectivity index (χ1n) is 9.40. The van der Waals surface area contributed by atoms with Gasteiger partial charge in [-0.15, -0.1) is 0 Å². The van der Waals surface area contributed by atoms with Gasteiger partial charge in [-0.2, -0.15) is 0 Å². The van der Waals surface area contributed by atoms with Crippen LogP contribution in [-0.2, 0) is 11.0 Å². The van der Waals surface area contributed by atoms with Crippen LogP contribution in [0.25, 0.3) is 0 Å². The van der Waals surface area contributed by atoms with Crippen LogP contribution >= 0.6 is 0 Å². The molecule has 3 aromatic carbocycles. The van der Waals surface area contributed by atoms with Gasteiger partial charge >= 0.3 is 5.97 Å². The molecular weight excluding hydrogens is 348 g/mol. The van der Waals surface area contributed by atoms with Gasteiger partial charge in [0.1, 0.15) is 16.9 Å². The predicted molar refractivity (Wildman–Crippen MR) is 112 cm³/mol. The summed E-state index contributed by atoms with van der Waals surface area (Å²) in [6, 6.07) is 25.3. The Hall–Kier alpha value is -3.07. The Morgan fingerprint density at radius 3 is 1.82 bits per heavy atom. The summed E-state index contributed by atoms with van der Waals surface area (Å²) in [7, 11) is 0. The smallest absolute Gasteiger partial charge is 0.339 e. The Morgan fingerprint density at radius 1 is 0.750 bits per heavy atom. The minimum Gasteiger partial charge on any atom is -0.482 e. The molecule has 0 fully saturated rings. The first-order valence-corrected chi connectivity index (χ1v) is 9.40. The van der Waals surface area contributed by atoms with E-state index in [-0.39, 0.29) is 11.0 Å². The third-order valence-corrected chi connectivity index (χ3v) is 5.26. The van der Waals surface area contributed by atoms with Gasteiger partial charge in [0.2, 0.25) is 0 Å². The quantitative estimate of drug-likeness (QED) is 0.573. The minimum absolute atomic E-state index is 0.172. The van der Waals surface area contributed by atoms with Gasteiger partial charge in [-0.1, -0.05) is 80.6 Å². The summed E-state index contributed by atoms with van der Waals surface area (Å²) in [6.07, 6.45) is 0. The topological polar surface area (TPSA) is 46.5 Å².